The van der Waals surface area contributed by atoms with Gasteiger partial charge in [0.1, 0.15) is 5.82 Å². The first-order valence-electron chi connectivity index (χ1n) is 4.79. The standard InChI is InChI=1S/C11H13BrFNO2/c1-7(14-6-11(15)16-2)9-4-3-8(12)5-10(9)13/h3-5,7,14H,6H2,1-2H3. The molecule has 0 aromatic heterocycles. The number of ether oxygens (including phenoxy) is 1. The van der Waals surface area contributed by atoms with Gasteiger partial charge in [0.2, 0.25) is 0 Å². The fourth-order valence-corrected chi connectivity index (χ4v) is 1.60. The molecule has 1 N–H and O–H groups in total. The quantitative estimate of drug-likeness (QED) is 0.865. The summed E-state index contributed by atoms with van der Waals surface area (Å²) >= 11 is 3.18. The van der Waals surface area contributed by atoms with Crippen LogP contribution in [0.1, 0.15) is 18.5 Å². The average molecular weight is 290 g/mol. The predicted molar refractivity (Wildman–Crippen MR) is 62.5 cm³/mol. The molecule has 0 amide bonds. The second-order valence-electron chi connectivity index (χ2n) is 3.34. The van der Waals surface area contributed by atoms with E-state index in [1.807, 2.05) is 0 Å². The minimum Gasteiger partial charge on any atom is -0.468 e. The summed E-state index contributed by atoms with van der Waals surface area (Å²) in [4.78, 5) is 10.9. The second-order valence-corrected chi connectivity index (χ2v) is 4.26. The zero-order valence-electron chi connectivity index (χ0n) is 9.09. The van der Waals surface area contributed by atoms with Crippen molar-refractivity contribution in [3.63, 3.8) is 0 Å². The molecule has 0 saturated carbocycles. The number of benzene rings is 1. The van der Waals surface area contributed by atoms with Gasteiger partial charge in [0.25, 0.3) is 0 Å². The number of esters is 1. The van der Waals surface area contributed by atoms with Crippen LogP contribution in [0.15, 0.2) is 22.7 Å². The van der Waals surface area contributed by atoms with Crippen molar-refractivity contribution in [1.29, 1.82) is 0 Å². The van der Waals surface area contributed by atoms with Crippen molar-refractivity contribution in [2.45, 2.75) is 13.0 Å². The summed E-state index contributed by atoms with van der Waals surface area (Å²) in [5.41, 5.74) is 0.520. The Kier molecular flexibility index (Phi) is 4.89. The first-order valence-corrected chi connectivity index (χ1v) is 5.59. The van der Waals surface area contributed by atoms with E-state index >= 15 is 0 Å². The summed E-state index contributed by atoms with van der Waals surface area (Å²) in [5, 5.41) is 2.88. The van der Waals surface area contributed by atoms with E-state index in [0.29, 0.717) is 10.0 Å². The van der Waals surface area contributed by atoms with Gasteiger partial charge < -0.3 is 10.1 Å². The Labute approximate surface area is 102 Å². The van der Waals surface area contributed by atoms with Crippen molar-refractivity contribution >= 4 is 21.9 Å². The lowest BCUT2D eigenvalue weighted by Crippen LogP contribution is -2.27. The predicted octanol–water partition coefficient (Wildman–Crippen LogP) is 2.41. The van der Waals surface area contributed by atoms with Crippen molar-refractivity contribution in [3.8, 4) is 0 Å². The lowest BCUT2D eigenvalue weighted by atomic mass is 10.1. The van der Waals surface area contributed by atoms with E-state index in [-0.39, 0.29) is 24.4 Å². The van der Waals surface area contributed by atoms with Gasteiger partial charge >= 0.3 is 5.97 Å². The molecule has 0 bridgehead atoms. The van der Waals surface area contributed by atoms with E-state index in [1.54, 1.807) is 19.1 Å². The Balaban J connectivity index is 2.65. The maximum absolute atomic E-state index is 13.5. The van der Waals surface area contributed by atoms with Crippen LogP contribution in [0.25, 0.3) is 0 Å². The van der Waals surface area contributed by atoms with Crippen LogP contribution in [0.2, 0.25) is 0 Å². The number of halogens is 2. The van der Waals surface area contributed by atoms with Gasteiger partial charge in [0, 0.05) is 16.1 Å². The molecule has 88 valence electrons. The molecule has 0 aliphatic heterocycles. The van der Waals surface area contributed by atoms with E-state index in [2.05, 4.69) is 26.0 Å². The van der Waals surface area contributed by atoms with E-state index < -0.39 is 0 Å². The molecule has 0 heterocycles. The topological polar surface area (TPSA) is 38.3 Å². The second kappa shape index (κ2) is 5.96. The molecule has 3 nitrogen and oxygen atoms in total. The van der Waals surface area contributed by atoms with Crippen molar-refractivity contribution in [2.24, 2.45) is 0 Å². The zero-order chi connectivity index (χ0) is 12.1. The number of carbonyl (C=O) groups is 1. The highest BCUT2D eigenvalue weighted by molar-refractivity contribution is 9.10. The van der Waals surface area contributed by atoms with Crippen LogP contribution >= 0.6 is 15.9 Å². The van der Waals surface area contributed by atoms with Crippen LogP contribution < -0.4 is 5.32 Å². The monoisotopic (exact) mass is 289 g/mol. The van der Waals surface area contributed by atoms with Crippen LogP contribution in [0, 0.1) is 5.82 Å². The Morgan fingerprint density at radius 2 is 2.31 bits per heavy atom. The summed E-state index contributed by atoms with van der Waals surface area (Å²) < 4.78 is 18.7. The minimum absolute atomic E-state index is 0.0627. The summed E-state index contributed by atoms with van der Waals surface area (Å²) in [6.07, 6.45) is 0. The third kappa shape index (κ3) is 3.57. The summed E-state index contributed by atoms with van der Waals surface area (Å²) in [6.45, 7) is 1.85. The fraction of sp³-hybridized carbons (Fsp3) is 0.364. The van der Waals surface area contributed by atoms with Crippen LogP contribution in [-0.2, 0) is 9.53 Å². The zero-order valence-corrected chi connectivity index (χ0v) is 10.7. The van der Waals surface area contributed by atoms with Gasteiger partial charge in [-0.05, 0) is 19.1 Å². The van der Waals surface area contributed by atoms with E-state index in [4.69, 9.17) is 0 Å². The molecule has 0 radical (unpaired) electrons. The van der Waals surface area contributed by atoms with Gasteiger partial charge in [-0.1, -0.05) is 22.0 Å². The van der Waals surface area contributed by atoms with Crippen LogP contribution in [-0.4, -0.2) is 19.6 Å². The van der Waals surface area contributed by atoms with Gasteiger partial charge in [-0.15, -0.1) is 0 Å². The average Bonchev–Trinajstić information content (AvgIpc) is 2.25. The van der Waals surface area contributed by atoms with E-state index in [0.717, 1.165) is 0 Å². The smallest absolute Gasteiger partial charge is 0.319 e. The number of hydrogen-bond donors (Lipinski definition) is 1. The molecule has 0 aliphatic carbocycles. The Hall–Kier alpha value is -0.940. The lowest BCUT2D eigenvalue weighted by molar-refractivity contribution is -0.139. The number of hydrogen-bond acceptors (Lipinski definition) is 3. The van der Waals surface area contributed by atoms with E-state index in [1.165, 1.54) is 13.2 Å². The highest BCUT2D eigenvalue weighted by Crippen LogP contribution is 2.20. The Morgan fingerprint density at radius 3 is 2.88 bits per heavy atom. The lowest BCUT2D eigenvalue weighted by Gasteiger charge is -2.14. The third-order valence-electron chi connectivity index (χ3n) is 2.21. The number of nitrogens with one attached hydrogen (secondary N) is 1. The van der Waals surface area contributed by atoms with Gasteiger partial charge in [-0.3, -0.25) is 4.79 Å². The molecule has 1 aromatic rings. The first-order chi connectivity index (χ1) is 7.54. The number of methoxy groups -OCH3 is 1. The van der Waals surface area contributed by atoms with Crippen molar-refractivity contribution < 1.29 is 13.9 Å². The molecule has 1 atom stereocenters. The summed E-state index contributed by atoms with van der Waals surface area (Å²) in [5.74, 6) is -0.677. The molecule has 1 rings (SSSR count). The van der Waals surface area contributed by atoms with Crippen molar-refractivity contribution in [3.05, 3.63) is 34.1 Å². The van der Waals surface area contributed by atoms with Crippen LogP contribution in [0.5, 0.6) is 0 Å². The fourth-order valence-electron chi connectivity index (χ4n) is 1.27. The Morgan fingerprint density at radius 1 is 1.62 bits per heavy atom. The molecular formula is C11H13BrFNO2. The molecular weight excluding hydrogens is 277 g/mol. The molecule has 16 heavy (non-hydrogen) atoms. The maximum Gasteiger partial charge on any atom is 0.319 e. The van der Waals surface area contributed by atoms with Gasteiger partial charge in [-0.2, -0.15) is 0 Å². The molecule has 0 spiro atoms. The SMILES string of the molecule is COC(=O)CNC(C)c1ccc(Br)cc1F. The van der Waals surface area contributed by atoms with Crippen molar-refractivity contribution in [2.75, 3.05) is 13.7 Å². The van der Waals surface area contributed by atoms with E-state index in [9.17, 15) is 9.18 Å². The van der Waals surface area contributed by atoms with Gasteiger partial charge in [0.15, 0.2) is 0 Å². The molecule has 1 aromatic carbocycles. The highest BCUT2D eigenvalue weighted by atomic mass is 79.9. The first kappa shape index (κ1) is 13.1. The largest absolute Gasteiger partial charge is 0.468 e. The number of carbonyl (C=O) groups excluding carboxylic acids is 1. The molecule has 0 saturated heterocycles. The molecule has 5 heteroatoms. The Bertz CT molecular complexity index is 384. The van der Waals surface area contributed by atoms with Gasteiger partial charge in [0.05, 0.1) is 13.7 Å². The van der Waals surface area contributed by atoms with Gasteiger partial charge in [-0.25, -0.2) is 4.39 Å². The maximum atomic E-state index is 13.5. The molecule has 0 aliphatic rings. The third-order valence-corrected chi connectivity index (χ3v) is 2.70. The normalized spacial score (nSPS) is 12.2. The molecule has 1 unspecified atom stereocenters. The molecule has 0 fully saturated rings. The van der Waals surface area contributed by atoms with Crippen molar-refractivity contribution in [1.82, 2.24) is 5.32 Å². The minimum atomic E-state index is -0.371. The highest BCUT2D eigenvalue weighted by Gasteiger charge is 2.12. The summed E-state index contributed by atoms with van der Waals surface area (Å²) in [7, 11) is 1.31. The number of rotatable bonds is 4. The van der Waals surface area contributed by atoms with Crippen LogP contribution in [0.3, 0.4) is 0 Å². The summed E-state index contributed by atoms with van der Waals surface area (Å²) in [6, 6.07) is 4.58. The van der Waals surface area contributed by atoms with Crippen LogP contribution in [0.4, 0.5) is 4.39 Å².